The molecule has 0 aliphatic carbocycles. The molecule has 1 rings (SSSR count). The third kappa shape index (κ3) is 3.20. The van der Waals surface area contributed by atoms with Gasteiger partial charge in [-0.05, 0) is 18.9 Å². The van der Waals surface area contributed by atoms with Crippen molar-refractivity contribution in [3.05, 3.63) is 29.6 Å². The fourth-order valence-corrected chi connectivity index (χ4v) is 1.12. The molecule has 0 aliphatic heterocycles. The number of anilines is 1. The smallest absolute Gasteiger partial charge is 0.151 e. The Kier molecular flexibility index (Phi) is 4.09. The molecular formula is C12H18FNO. The van der Waals surface area contributed by atoms with Gasteiger partial charge in [-0.3, -0.25) is 0 Å². The van der Waals surface area contributed by atoms with E-state index in [4.69, 9.17) is 10.5 Å². The Morgan fingerprint density at radius 3 is 2.60 bits per heavy atom. The van der Waals surface area contributed by atoms with E-state index >= 15 is 0 Å². The lowest BCUT2D eigenvalue weighted by Crippen LogP contribution is -2.15. The Bertz CT molecular complexity index is 325. The number of rotatable bonds is 4. The molecule has 0 radical (unpaired) electrons. The van der Waals surface area contributed by atoms with Crippen LogP contribution in [-0.2, 0) is 11.3 Å². The Labute approximate surface area is 90.2 Å². The van der Waals surface area contributed by atoms with Gasteiger partial charge in [-0.1, -0.05) is 26.0 Å². The molecule has 2 N–H and O–H groups in total. The third-order valence-electron chi connectivity index (χ3n) is 2.55. The molecular weight excluding hydrogens is 193 g/mol. The van der Waals surface area contributed by atoms with Crippen molar-refractivity contribution in [2.75, 3.05) is 5.73 Å². The Balaban J connectivity index is 2.62. The third-order valence-corrected chi connectivity index (χ3v) is 2.55. The number of nitrogen functional groups attached to an aromatic ring is 1. The van der Waals surface area contributed by atoms with E-state index < -0.39 is 0 Å². The first kappa shape index (κ1) is 12.0. The van der Waals surface area contributed by atoms with Gasteiger partial charge in [0.25, 0.3) is 0 Å². The minimum atomic E-state index is -0.367. The molecule has 2 nitrogen and oxygen atoms in total. The summed E-state index contributed by atoms with van der Waals surface area (Å²) in [5.74, 6) is 0.0579. The Hall–Kier alpha value is -1.09. The number of nitrogens with two attached hydrogens (primary N) is 1. The Morgan fingerprint density at radius 1 is 1.33 bits per heavy atom. The van der Waals surface area contributed by atoms with Gasteiger partial charge in [0.05, 0.1) is 18.4 Å². The summed E-state index contributed by atoms with van der Waals surface area (Å²) in [5.41, 5.74) is 6.15. The average Bonchev–Trinajstić information content (AvgIpc) is 2.19. The molecule has 0 spiro atoms. The molecule has 1 aromatic rings. The van der Waals surface area contributed by atoms with Crippen molar-refractivity contribution in [2.24, 2.45) is 5.92 Å². The van der Waals surface area contributed by atoms with E-state index in [9.17, 15) is 4.39 Å². The number of hydrogen-bond donors (Lipinski definition) is 1. The topological polar surface area (TPSA) is 35.2 Å². The second-order valence-corrected chi connectivity index (χ2v) is 4.08. The lowest BCUT2D eigenvalue weighted by molar-refractivity contribution is 0.0222. The van der Waals surface area contributed by atoms with Crippen LogP contribution in [0.25, 0.3) is 0 Å². The van der Waals surface area contributed by atoms with Crippen LogP contribution in [0.2, 0.25) is 0 Å². The first-order valence-corrected chi connectivity index (χ1v) is 5.16. The largest absolute Gasteiger partial charge is 0.396 e. The summed E-state index contributed by atoms with van der Waals surface area (Å²) in [6, 6.07) is 4.97. The lowest BCUT2D eigenvalue weighted by atomic mass is 10.1. The summed E-state index contributed by atoms with van der Waals surface area (Å²) in [5, 5.41) is 0. The minimum absolute atomic E-state index is 0.117. The molecule has 84 valence electrons. The highest BCUT2D eigenvalue weighted by molar-refractivity contribution is 5.42. The van der Waals surface area contributed by atoms with Crippen molar-refractivity contribution < 1.29 is 9.13 Å². The maximum atomic E-state index is 13.4. The van der Waals surface area contributed by atoms with Crippen LogP contribution in [-0.4, -0.2) is 6.10 Å². The average molecular weight is 211 g/mol. The Morgan fingerprint density at radius 2 is 2.00 bits per heavy atom. The maximum absolute atomic E-state index is 13.4. The van der Waals surface area contributed by atoms with Gasteiger partial charge in [0.1, 0.15) is 0 Å². The van der Waals surface area contributed by atoms with Gasteiger partial charge in [-0.2, -0.15) is 0 Å². The van der Waals surface area contributed by atoms with Gasteiger partial charge < -0.3 is 10.5 Å². The van der Waals surface area contributed by atoms with E-state index in [1.807, 2.05) is 6.92 Å². The van der Waals surface area contributed by atoms with Crippen LogP contribution in [0.5, 0.6) is 0 Å². The quantitative estimate of drug-likeness (QED) is 0.777. The zero-order valence-corrected chi connectivity index (χ0v) is 9.46. The van der Waals surface area contributed by atoms with Crippen molar-refractivity contribution in [1.29, 1.82) is 0 Å². The minimum Gasteiger partial charge on any atom is -0.396 e. The van der Waals surface area contributed by atoms with Crippen LogP contribution >= 0.6 is 0 Å². The van der Waals surface area contributed by atoms with E-state index in [0.717, 1.165) is 0 Å². The van der Waals surface area contributed by atoms with E-state index in [0.29, 0.717) is 11.5 Å². The van der Waals surface area contributed by atoms with Crippen molar-refractivity contribution in [3.8, 4) is 0 Å². The fraction of sp³-hybridized carbons (Fsp3) is 0.500. The van der Waals surface area contributed by atoms with Crippen LogP contribution in [0.15, 0.2) is 18.2 Å². The molecule has 0 bridgehead atoms. The molecule has 0 fully saturated rings. The molecule has 0 amide bonds. The zero-order valence-electron chi connectivity index (χ0n) is 9.46. The molecule has 0 saturated heterocycles. The number of hydrogen-bond acceptors (Lipinski definition) is 2. The van der Waals surface area contributed by atoms with Crippen molar-refractivity contribution in [3.63, 3.8) is 0 Å². The summed E-state index contributed by atoms with van der Waals surface area (Å²) in [4.78, 5) is 0. The molecule has 15 heavy (non-hydrogen) atoms. The molecule has 0 aliphatic rings. The summed E-state index contributed by atoms with van der Waals surface area (Å²) in [6.07, 6.45) is 0.117. The maximum Gasteiger partial charge on any atom is 0.151 e. The van der Waals surface area contributed by atoms with E-state index in [1.165, 1.54) is 0 Å². The summed E-state index contributed by atoms with van der Waals surface area (Å²) in [6.45, 7) is 6.39. The predicted molar refractivity (Wildman–Crippen MR) is 59.9 cm³/mol. The van der Waals surface area contributed by atoms with Crippen LogP contribution in [0, 0.1) is 11.7 Å². The van der Waals surface area contributed by atoms with Crippen molar-refractivity contribution in [2.45, 2.75) is 33.5 Å². The van der Waals surface area contributed by atoms with Gasteiger partial charge in [-0.25, -0.2) is 4.39 Å². The summed E-state index contributed by atoms with van der Waals surface area (Å²) in [7, 11) is 0. The normalized spacial score (nSPS) is 13.1. The molecule has 3 heteroatoms. The van der Waals surface area contributed by atoms with Crippen molar-refractivity contribution >= 4 is 5.69 Å². The van der Waals surface area contributed by atoms with Gasteiger partial charge in [0.15, 0.2) is 5.82 Å². The standard InChI is InChI=1S/C12H18FNO/c1-8(2)9(3)15-7-10-5-4-6-11(14)12(10)13/h4-6,8-9H,7,14H2,1-3H3. The molecule has 0 aromatic heterocycles. The van der Waals surface area contributed by atoms with E-state index in [1.54, 1.807) is 18.2 Å². The van der Waals surface area contributed by atoms with Gasteiger partial charge in [0, 0.05) is 5.56 Å². The van der Waals surface area contributed by atoms with E-state index in [2.05, 4.69) is 13.8 Å². The number of benzene rings is 1. The summed E-state index contributed by atoms with van der Waals surface area (Å²) < 4.78 is 19.0. The van der Waals surface area contributed by atoms with Crippen molar-refractivity contribution in [1.82, 2.24) is 0 Å². The second-order valence-electron chi connectivity index (χ2n) is 4.08. The number of halogens is 1. The molecule has 1 atom stereocenters. The van der Waals surface area contributed by atoms with Crippen LogP contribution in [0.3, 0.4) is 0 Å². The van der Waals surface area contributed by atoms with Gasteiger partial charge >= 0.3 is 0 Å². The monoisotopic (exact) mass is 211 g/mol. The number of ether oxygens (including phenoxy) is 1. The van der Waals surface area contributed by atoms with Crippen LogP contribution in [0.1, 0.15) is 26.3 Å². The van der Waals surface area contributed by atoms with Crippen LogP contribution < -0.4 is 5.73 Å². The lowest BCUT2D eigenvalue weighted by Gasteiger charge is -2.16. The zero-order chi connectivity index (χ0) is 11.4. The predicted octanol–water partition coefficient (Wildman–Crippen LogP) is 2.97. The molecule has 0 saturated carbocycles. The van der Waals surface area contributed by atoms with Gasteiger partial charge in [0.2, 0.25) is 0 Å². The highest BCUT2D eigenvalue weighted by Crippen LogP contribution is 2.17. The second kappa shape index (κ2) is 5.12. The molecule has 0 heterocycles. The van der Waals surface area contributed by atoms with E-state index in [-0.39, 0.29) is 24.2 Å². The molecule has 1 unspecified atom stereocenters. The molecule has 1 aromatic carbocycles. The SMILES string of the molecule is CC(C)C(C)OCc1cccc(N)c1F. The summed E-state index contributed by atoms with van der Waals surface area (Å²) >= 11 is 0. The highest BCUT2D eigenvalue weighted by atomic mass is 19.1. The first-order chi connectivity index (χ1) is 7.02. The fourth-order valence-electron chi connectivity index (χ4n) is 1.12. The van der Waals surface area contributed by atoms with Gasteiger partial charge in [-0.15, -0.1) is 0 Å². The highest BCUT2D eigenvalue weighted by Gasteiger charge is 2.10. The first-order valence-electron chi connectivity index (χ1n) is 5.16. The van der Waals surface area contributed by atoms with Crippen LogP contribution in [0.4, 0.5) is 10.1 Å².